The first kappa shape index (κ1) is 13.0. The van der Waals surface area contributed by atoms with Crippen molar-refractivity contribution in [1.29, 1.82) is 0 Å². The molecule has 0 spiro atoms. The van der Waals surface area contributed by atoms with E-state index in [0.29, 0.717) is 6.04 Å². The van der Waals surface area contributed by atoms with Crippen LogP contribution in [0.2, 0.25) is 0 Å². The lowest BCUT2D eigenvalue weighted by molar-refractivity contribution is 0.414. The number of ether oxygens (including phenoxy) is 1. The standard InChI is InChI=1S/C17H20N2O/c1-12-11-16(18)15-5-3-4-6-17(15)19(12)13-7-9-14(20-2)10-8-13/h3-10,12,16H,11,18H2,1-2H3. The van der Waals surface area contributed by atoms with Crippen LogP contribution < -0.4 is 15.4 Å². The van der Waals surface area contributed by atoms with Crippen LogP contribution in [-0.2, 0) is 0 Å². The Labute approximate surface area is 120 Å². The number of benzene rings is 2. The second-order valence-electron chi connectivity index (χ2n) is 5.32. The van der Waals surface area contributed by atoms with E-state index >= 15 is 0 Å². The molecule has 0 fully saturated rings. The molecule has 2 atom stereocenters. The molecule has 0 saturated carbocycles. The number of hydrogen-bond acceptors (Lipinski definition) is 3. The first-order valence-corrected chi connectivity index (χ1v) is 6.98. The zero-order chi connectivity index (χ0) is 14.1. The summed E-state index contributed by atoms with van der Waals surface area (Å²) in [7, 11) is 1.69. The van der Waals surface area contributed by atoms with E-state index in [1.54, 1.807) is 7.11 Å². The second-order valence-corrected chi connectivity index (χ2v) is 5.32. The summed E-state index contributed by atoms with van der Waals surface area (Å²) in [6, 6.07) is 17.1. The first-order valence-electron chi connectivity index (χ1n) is 6.98. The average molecular weight is 268 g/mol. The Balaban J connectivity index is 2.05. The molecule has 3 nitrogen and oxygen atoms in total. The Bertz CT molecular complexity index is 594. The average Bonchev–Trinajstić information content (AvgIpc) is 2.48. The molecule has 2 N–H and O–H groups in total. The molecule has 0 aromatic heterocycles. The molecule has 0 saturated heterocycles. The highest BCUT2D eigenvalue weighted by Crippen LogP contribution is 2.40. The van der Waals surface area contributed by atoms with Gasteiger partial charge in [0.2, 0.25) is 0 Å². The summed E-state index contributed by atoms with van der Waals surface area (Å²) in [6.07, 6.45) is 0.961. The molecule has 0 amide bonds. The minimum atomic E-state index is 0.121. The van der Waals surface area contributed by atoms with Crippen LogP contribution in [0, 0.1) is 0 Å². The Morgan fingerprint density at radius 3 is 2.50 bits per heavy atom. The number of anilines is 2. The molecule has 1 aliphatic heterocycles. The van der Waals surface area contributed by atoms with E-state index in [-0.39, 0.29) is 6.04 Å². The smallest absolute Gasteiger partial charge is 0.119 e. The van der Waals surface area contributed by atoms with Crippen molar-refractivity contribution in [1.82, 2.24) is 0 Å². The summed E-state index contributed by atoms with van der Waals surface area (Å²) >= 11 is 0. The summed E-state index contributed by atoms with van der Waals surface area (Å²) < 4.78 is 5.23. The van der Waals surface area contributed by atoms with Crippen LogP contribution in [0.5, 0.6) is 5.75 Å². The normalized spacial score (nSPS) is 21.4. The molecule has 3 heteroatoms. The molecule has 104 valence electrons. The van der Waals surface area contributed by atoms with Crippen LogP contribution in [0.4, 0.5) is 11.4 Å². The van der Waals surface area contributed by atoms with Gasteiger partial charge in [0.25, 0.3) is 0 Å². The van der Waals surface area contributed by atoms with E-state index < -0.39 is 0 Å². The molecular formula is C17H20N2O. The molecular weight excluding hydrogens is 248 g/mol. The minimum Gasteiger partial charge on any atom is -0.497 e. The molecule has 20 heavy (non-hydrogen) atoms. The summed E-state index contributed by atoms with van der Waals surface area (Å²) in [5.74, 6) is 0.878. The van der Waals surface area contributed by atoms with E-state index in [9.17, 15) is 0 Å². The Kier molecular flexibility index (Phi) is 3.36. The van der Waals surface area contributed by atoms with Crippen LogP contribution in [0.1, 0.15) is 24.9 Å². The fourth-order valence-electron chi connectivity index (χ4n) is 2.99. The van der Waals surface area contributed by atoms with Crippen LogP contribution in [0.3, 0.4) is 0 Å². The van der Waals surface area contributed by atoms with Gasteiger partial charge in [0, 0.05) is 23.5 Å². The zero-order valence-corrected chi connectivity index (χ0v) is 11.9. The van der Waals surface area contributed by atoms with Gasteiger partial charge in [0.1, 0.15) is 5.75 Å². The summed E-state index contributed by atoms with van der Waals surface area (Å²) in [4.78, 5) is 2.36. The molecule has 2 aromatic rings. The van der Waals surface area contributed by atoms with Gasteiger partial charge in [0.15, 0.2) is 0 Å². The van der Waals surface area contributed by atoms with Gasteiger partial charge in [-0.3, -0.25) is 0 Å². The van der Waals surface area contributed by atoms with E-state index in [2.05, 4.69) is 48.2 Å². The lowest BCUT2D eigenvalue weighted by Gasteiger charge is -2.39. The van der Waals surface area contributed by atoms with Crippen molar-refractivity contribution >= 4 is 11.4 Å². The van der Waals surface area contributed by atoms with Crippen molar-refractivity contribution in [2.75, 3.05) is 12.0 Å². The molecule has 1 aliphatic rings. The van der Waals surface area contributed by atoms with Gasteiger partial charge in [0.05, 0.1) is 7.11 Å². The molecule has 0 radical (unpaired) electrons. The van der Waals surface area contributed by atoms with Gasteiger partial charge >= 0.3 is 0 Å². The molecule has 0 bridgehead atoms. The minimum absolute atomic E-state index is 0.121. The third-order valence-corrected chi connectivity index (χ3v) is 3.98. The predicted molar refractivity (Wildman–Crippen MR) is 82.6 cm³/mol. The topological polar surface area (TPSA) is 38.5 Å². The number of methoxy groups -OCH3 is 1. The first-order chi connectivity index (χ1) is 9.70. The zero-order valence-electron chi connectivity index (χ0n) is 11.9. The number of nitrogens with zero attached hydrogens (tertiary/aromatic N) is 1. The van der Waals surface area contributed by atoms with Crippen molar-refractivity contribution in [3.63, 3.8) is 0 Å². The van der Waals surface area contributed by atoms with E-state index in [1.807, 2.05) is 12.1 Å². The lowest BCUT2D eigenvalue weighted by atomic mass is 9.92. The maximum absolute atomic E-state index is 6.28. The van der Waals surface area contributed by atoms with E-state index in [4.69, 9.17) is 10.5 Å². The van der Waals surface area contributed by atoms with Gasteiger partial charge in [-0.25, -0.2) is 0 Å². The van der Waals surface area contributed by atoms with Crippen molar-refractivity contribution in [2.24, 2.45) is 5.73 Å². The largest absolute Gasteiger partial charge is 0.497 e. The van der Waals surface area contributed by atoms with Gasteiger partial charge in [-0.1, -0.05) is 18.2 Å². The highest BCUT2D eigenvalue weighted by molar-refractivity contribution is 5.69. The third-order valence-electron chi connectivity index (χ3n) is 3.98. The fourth-order valence-corrected chi connectivity index (χ4v) is 2.99. The quantitative estimate of drug-likeness (QED) is 0.904. The Morgan fingerprint density at radius 2 is 1.80 bits per heavy atom. The molecule has 1 heterocycles. The van der Waals surface area contributed by atoms with Crippen LogP contribution in [0.15, 0.2) is 48.5 Å². The molecule has 2 aromatic carbocycles. The third kappa shape index (κ3) is 2.14. The number of nitrogens with two attached hydrogens (primary N) is 1. The maximum Gasteiger partial charge on any atom is 0.119 e. The van der Waals surface area contributed by atoms with Crippen molar-refractivity contribution in [3.8, 4) is 5.75 Å². The highest BCUT2D eigenvalue weighted by atomic mass is 16.5. The summed E-state index contributed by atoms with van der Waals surface area (Å²) in [5.41, 5.74) is 9.89. The van der Waals surface area contributed by atoms with Gasteiger partial charge < -0.3 is 15.4 Å². The van der Waals surface area contributed by atoms with Gasteiger partial charge in [-0.05, 0) is 49.2 Å². The van der Waals surface area contributed by atoms with Crippen LogP contribution in [0.25, 0.3) is 0 Å². The lowest BCUT2D eigenvalue weighted by Crippen LogP contribution is -2.37. The van der Waals surface area contributed by atoms with E-state index in [0.717, 1.165) is 12.2 Å². The predicted octanol–water partition coefficient (Wildman–Crippen LogP) is 3.63. The highest BCUT2D eigenvalue weighted by Gasteiger charge is 2.28. The second kappa shape index (κ2) is 5.17. The number of fused-ring (bicyclic) bond motifs is 1. The SMILES string of the molecule is COc1ccc(N2c3ccccc3C(N)CC2C)cc1. The van der Waals surface area contributed by atoms with Crippen molar-refractivity contribution in [2.45, 2.75) is 25.4 Å². The van der Waals surface area contributed by atoms with Crippen molar-refractivity contribution in [3.05, 3.63) is 54.1 Å². The summed E-state index contributed by atoms with van der Waals surface area (Å²) in [5, 5.41) is 0. The Hall–Kier alpha value is -2.00. The van der Waals surface area contributed by atoms with E-state index in [1.165, 1.54) is 16.9 Å². The Morgan fingerprint density at radius 1 is 1.10 bits per heavy atom. The number of rotatable bonds is 2. The monoisotopic (exact) mass is 268 g/mol. The molecule has 3 rings (SSSR count). The summed E-state index contributed by atoms with van der Waals surface area (Å²) in [6.45, 7) is 2.22. The van der Waals surface area contributed by atoms with Gasteiger partial charge in [-0.15, -0.1) is 0 Å². The number of para-hydroxylation sites is 1. The fraction of sp³-hybridized carbons (Fsp3) is 0.294. The number of hydrogen-bond donors (Lipinski definition) is 1. The molecule has 0 aliphatic carbocycles. The molecule has 2 unspecified atom stereocenters. The maximum atomic E-state index is 6.28. The van der Waals surface area contributed by atoms with Crippen LogP contribution >= 0.6 is 0 Å². The van der Waals surface area contributed by atoms with Gasteiger partial charge in [-0.2, -0.15) is 0 Å². The van der Waals surface area contributed by atoms with Crippen molar-refractivity contribution < 1.29 is 4.74 Å². The van der Waals surface area contributed by atoms with Crippen LogP contribution in [-0.4, -0.2) is 13.2 Å².